The summed E-state index contributed by atoms with van der Waals surface area (Å²) >= 11 is 0. The molecule has 6 heteroatoms. The molecule has 1 aromatic rings. The SMILES string of the molecule is CC(C)N(C[C@H]1COC(N)=N1)c1ccc(F)cc1F. The average molecular weight is 269 g/mol. The van der Waals surface area contributed by atoms with Crippen molar-refractivity contribution >= 4 is 11.7 Å². The molecule has 19 heavy (non-hydrogen) atoms. The van der Waals surface area contributed by atoms with E-state index in [4.69, 9.17) is 10.5 Å². The van der Waals surface area contributed by atoms with Gasteiger partial charge >= 0.3 is 0 Å². The largest absolute Gasteiger partial charge is 0.463 e. The Morgan fingerprint density at radius 2 is 2.21 bits per heavy atom. The van der Waals surface area contributed by atoms with Crippen LogP contribution in [0.15, 0.2) is 23.2 Å². The molecular formula is C13H17F2N3O. The molecule has 1 atom stereocenters. The Morgan fingerprint density at radius 1 is 1.47 bits per heavy atom. The lowest BCUT2D eigenvalue weighted by atomic mass is 10.2. The molecule has 0 spiro atoms. The van der Waals surface area contributed by atoms with Gasteiger partial charge in [0.05, 0.1) is 5.69 Å². The van der Waals surface area contributed by atoms with Crippen LogP contribution in [0.5, 0.6) is 0 Å². The summed E-state index contributed by atoms with van der Waals surface area (Å²) in [4.78, 5) is 5.94. The van der Waals surface area contributed by atoms with E-state index in [9.17, 15) is 8.78 Å². The van der Waals surface area contributed by atoms with Crippen LogP contribution in [0.4, 0.5) is 14.5 Å². The highest BCUT2D eigenvalue weighted by atomic mass is 19.1. The van der Waals surface area contributed by atoms with Gasteiger partial charge < -0.3 is 15.4 Å². The Bertz CT molecular complexity index is 491. The first-order chi connectivity index (χ1) is 8.97. The number of hydrogen-bond acceptors (Lipinski definition) is 4. The molecule has 0 saturated heterocycles. The highest BCUT2D eigenvalue weighted by Crippen LogP contribution is 2.23. The van der Waals surface area contributed by atoms with Crippen molar-refractivity contribution in [1.82, 2.24) is 0 Å². The fourth-order valence-electron chi connectivity index (χ4n) is 2.06. The van der Waals surface area contributed by atoms with Gasteiger partial charge in [-0.25, -0.2) is 13.8 Å². The van der Waals surface area contributed by atoms with Crippen molar-refractivity contribution < 1.29 is 13.5 Å². The molecule has 0 aliphatic carbocycles. The summed E-state index contributed by atoms with van der Waals surface area (Å²) in [7, 11) is 0. The predicted octanol–water partition coefficient (Wildman–Crippen LogP) is 1.89. The fraction of sp³-hybridized carbons (Fsp3) is 0.462. The second-order valence-electron chi connectivity index (χ2n) is 4.77. The van der Waals surface area contributed by atoms with E-state index in [-0.39, 0.29) is 18.1 Å². The standard InChI is InChI=1S/C13H17F2N3O/c1-8(2)18(6-10-7-19-13(16)17-10)12-4-3-9(14)5-11(12)15/h3-5,8,10H,6-7H2,1-2H3,(H2,16,17)/t10-/m0/s1. The maximum absolute atomic E-state index is 13.8. The van der Waals surface area contributed by atoms with Crippen molar-refractivity contribution in [3.05, 3.63) is 29.8 Å². The Balaban J connectivity index is 2.20. The molecule has 0 unspecified atom stereocenters. The van der Waals surface area contributed by atoms with Crippen LogP contribution in [0.2, 0.25) is 0 Å². The number of aliphatic imine (C=N–C) groups is 1. The number of rotatable bonds is 4. The van der Waals surface area contributed by atoms with Gasteiger partial charge in [0.1, 0.15) is 24.3 Å². The zero-order valence-electron chi connectivity index (χ0n) is 10.9. The van der Waals surface area contributed by atoms with Crippen LogP contribution >= 0.6 is 0 Å². The minimum Gasteiger partial charge on any atom is -0.463 e. The number of hydrogen-bond donors (Lipinski definition) is 1. The normalized spacial score (nSPS) is 18.4. The second kappa shape index (κ2) is 5.42. The molecule has 0 fully saturated rings. The predicted molar refractivity (Wildman–Crippen MR) is 70.2 cm³/mol. The number of nitrogens with two attached hydrogens (primary N) is 1. The molecule has 1 aromatic carbocycles. The van der Waals surface area contributed by atoms with Gasteiger partial charge in [0, 0.05) is 18.7 Å². The maximum Gasteiger partial charge on any atom is 0.282 e. The van der Waals surface area contributed by atoms with E-state index in [0.29, 0.717) is 18.8 Å². The quantitative estimate of drug-likeness (QED) is 0.908. The first-order valence-electron chi connectivity index (χ1n) is 6.15. The second-order valence-corrected chi connectivity index (χ2v) is 4.77. The van der Waals surface area contributed by atoms with Crippen LogP contribution in [-0.4, -0.2) is 31.3 Å². The molecular weight excluding hydrogens is 252 g/mol. The highest BCUT2D eigenvalue weighted by Gasteiger charge is 2.23. The van der Waals surface area contributed by atoms with E-state index >= 15 is 0 Å². The maximum atomic E-state index is 13.8. The van der Waals surface area contributed by atoms with Crippen molar-refractivity contribution in [2.24, 2.45) is 10.7 Å². The molecule has 1 aliphatic rings. The average Bonchev–Trinajstić information content (AvgIpc) is 2.72. The van der Waals surface area contributed by atoms with E-state index in [1.165, 1.54) is 12.1 Å². The molecule has 2 N–H and O–H groups in total. The number of anilines is 1. The highest BCUT2D eigenvalue weighted by molar-refractivity contribution is 5.73. The van der Waals surface area contributed by atoms with Crippen LogP contribution in [0.25, 0.3) is 0 Å². The van der Waals surface area contributed by atoms with Gasteiger partial charge in [0.15, 0.2) is 0 Å². The van der Waals surface area contributed by atoms with Crippen LogP contribution in [0, 0.1) is 11.6 Å². The molecule has 0 aromatic heterocycles. The summed E-state index contributed by atoms with van der Waals surface area (Å²) in [5.41, 5.74) is 5.81. The van der Waals surface area contributed by atoms with E-state index < -0.39 is 11.6 Å². The van der Waals surface area contributed by atoms with Crippen LogP contribution in [-0.2, 0) is 4.74 Å². The summed E-state index contributed by atoms with van der Waals surface area (Å²) in [5, 5.41) is 0. The Kier molecular flexibility index (Phi) is 3.87. The van der Waals surface area contributed by atoms with Crippen molar-refractivity contribution in [2.75, 3.05) is 18.1 Å². The van der Waals surface area contributed by atoms with E-state index in [1.54, 1.807) is 0 Å². The van der Waals surface area contributed by atoms with E-state index in [1.807, 2.05) is 18.7 Å². The summed E-state index contributed by atoms with van der Waals surface area (Å²) < 4.78 is 31.9. The molecule has 2 rings (SSSR count). The molecule has 0 radical (unpaired) electrons. The van der Waals surface area contributed by atoms with Crippen molar-refractivity contribution in [1.29, 1.82) is 0 Å². The van der Waals surface area contributed by atoms with Crippen LogP contribution in [0.3, 0.4) is 0 Å². The van der Waals surface area contributed by atoms with Crippen LogP contribution in [0.1, 0.15) is 13.8 Å². The molecule has 104 valence electrons. The molecule has 1 aliphatic heterocycles. The van der Waals surface area contributed by atoms with Crippen molar-refractivity contribution in [3.8, 4) is 0 Å². The third-order valence-corrected chi connectivity index (χ3v) is 2.98. The molecule has 0 bridgehead atoms. The molecule has 4 nitrogen and oxygen atoms in total. The van der Waals surface area contributed by atoms with Gasteiger partial charge in [-0.3, -0.25) is 0 Å². The zero-order chi connectivity index (χ0) is 14.0. The first kappa shape index (κ1) is 13.6. The number of halogens is 2. The van der Waals surface area contributed by atoms with Gasteiger partial charge in [-0.15, -0.1) is 0 Å². The lowest BCUT2D eigenvalue weighted by Crippen LogP contribution is -2.38. The summed E-state index contributed by atoms with van der Waals surface area (Å²) in [6, 6.07) is 3.65. The minimum atomic E-state index is -0.587. The van der Waals surface area contributed by atoms with E-state index in [0.717, 1.165) is 6.07 Å². The third-order valence-electron chi connectivity index (χ3n) is 2.98. The van der Waals surface area contributed by atoms with Gasteiger partial charge in [-0.1, -0.05) is 0 Å². The Morgan fingerprint density at radius 3 is 2.74 bits per heavy atom. The number of benzene rings is 1. The Hall–Kier alpha value is -1.85. The smallest absolute Gasteiger partial charge is 0.282 e. The van der Waals surface area contributed by atoms with Gasteiger partial charge in [0.2, 0.25) is 0 Å². The van der Waals surface area contributed by atoms with Gasteiger partial charge in [0.25, 0.3) is 6.02 Å². The molecule has 0 saturated carbocycles. The lowest BCUT2D eigenvalue weighted by molar-refractivity contribution is 0.312. The van der Waals surface area contributed by atoms with Crippen molar-refractivity contribution in [2.45, 2.75) is 25.9 Å². The third kappa shape index (κ3) is 3.13. The fourth-order valence-corrected chi connectivity index (χ4v) is 2.06. The number of amidine groups is 1. The minimum absolute atomic E-state index is 0.0528. The van der Waals surface area contributed by atoms with Crippen molar-refractivity contribution in [3.63, 3.8) is 0 Å². The Labute approximate surface area is 110 Å². The van der Waals surface area contributed by atoms with Gasteiger partial charge in [-0.05, 0) is 26.0 Å². The summed E-state index contributed by atoms with van der Waals surface area (Å²) in [6.07, 6.45) is 0. The monoisotopic (exact) mass is 269 g/mol. The van der Waals surface area contributed by atoms with Gasteiger partial charge in [-0.2, -0.15) is 0 Å². The summed E-state index contributed by atoms with van der Waals surface area (Å²) in [6.45, 7) is 4.73. The number of nitrogens with zero attached hydrogens (tertiary/aromatic N) is 2. The summed E-state index contributed by atoms with van der Waals surface area (Å²) in [5.74, 6) is -1.17. The lowest BCUT2D eigenvalue weighted by Gasteiger charge is -2.30. The molecule has 1 heterocycles. The zero-order valence-corrected chi connectivity index (χ0v) is 10.9. The van der Waals surface area contributed by atoms with Crippen LogP contribution < -0.4 is 10.6 Å². The topological polar surface area (TPSA) is 50.9 Å². The number of ether oxygens (including phenoxy) is 1. The first-order valence-corrected chi connectivity index (χ1v) is 6.15. The van der Waals surface area contributed by atoms with E-state index in [2.05, 4.69) is 4.99 Å². The molecule has 0 amide bonds.